The molecule has 0 bridgehead atoms. The number of hydrogen-bond donors (Lipinski definition) is 1. The molecule has 0 unspecified atom stereocenters. The molecule has 0 spiro atoms. The minimum absolute atomic E-state index is 0.0755. The number of hydrogen-bond acceptors (Lipinski definition) is 5. The summed E-state index contributed by atoms with van der Waals surface area (Å²) in [4.78, 5) is 11.7. The lowest BCUT2D eigenvalue weighted by Crippen LogP contribution is -2.00. The van der Waals surface area contributed by atoms with Crippen LogP contribution in [-0.4, -0.2) is 31.6 Å². The zero-order valence-corrected chi connectivity index (χ0v) is 13.7. The van der Waals surface area contributed by atoms with Crippen molar-refractivity contribution in [2.45, 2.75) is 12.1 Å². The van der Waals surface area contributed by atoms with Crippen molar-refractivity contribution in [1.82, 2.24) is 14.8 Å². The van der Waals surface area contributed by atoms with E-state index in [0.29, 0.717) is 5.16 Å². The third-order valence-corrected chi connectivity index (χ3v) is 5.30. The summed E-state index contributed by atoms with van der Waals surface area (Å²) < 4.78 is 14.8. The van der Waals surface area contributed by atoms with Crippen LogP contribution in [0.3, 0.4) is 0 Å². The van der Waals surface area contributed by atoms with Crippen molar-refractivity contribution >= 4 is 29.1 Å². The van der Waals surface area contributed by atoms with Crippen LogP contribution in [0.15, 0.2) is 41.8 Å². The molecule has 3 aromatic rings. The number of aryl methyl sites for hydroxylation is 1. The maximum absolute atomic E-state index is 13.1. The summed E-state index contributed by atoms with van der Waals surface area (Å²) in [6.45, 7) is 1.98. The van der Waals surface area contributed by atoms with Crippen molar-refractivity contribution in [3.05, 3.63) is 48.0 Å². The second kappa shape index (κ2) is 6.51. The molecule has 2 aromatic heterocycles. The van der Waals surface area contributed by atoms with E-state index in [-0.39, 0.29) is 11.6 Å². The Kier molecular flexibility index (Phi) is 4.44. The Morgan fingerprint density at radius 2 is 2.13 bits per heavy atom. The summed E-state index contributed by atoms with van der Waals surface area (Å²) in [5.74, 6) is -1.25. The molecule has 0 aliphatic carbocycles. The van der Waals surface area contributed by atoms with Crippen LogP contribution in [0.4, 0.5) is 4.39 Å². The number of aromatic nitrogens is 3. The largest absolute Gasteiger partial charge is 0.481 e. The molecule has 8 heteroatoms. The predicted octanol–water partition coefficient (Wildman–Crippen LogP) is 3.62. The van der Waals surface area contributed by atoms with Crippen molar-refractivity contribution in [3.63, 3.8) is 0 Å². The van der Waals surface area contributed by atoms with Crippen LogP contribution < -0.4 is 0 Å². The van der Waals surface area contributed by atoms with Crippen LogP contribution in [0.5, 0.6) is 0 Å². The SMILES string of the molecule is Cc1cc(-n2cnnc2SCC(=O)O)sc1-c1ccc(F)cc1. The van der Waals surface area contributed by atoms with Gasteiger partial charge in [0.1, 0.15) is 17.1 Å². The molecule has 0 fully saturated rings. The van der Waals surface area contributed by atoms with E-state index >= 15 is 0 Å². The van der Waals surface area contributed by atoms with E-state index in [1.165, 1.54) is 23.5 Å². The number of rotatable bonds is 5. The number of carboxylic acid groups (broad SMARTS) is 1. The predicted molar refractivity (Wildman–Crippen MR) is 87.7 cm³/mol. The topological polar surface area (TPSA) is 68.0 Å². The maximum Gasteiger partial charge on any atom is 0.313 e. The molecule has 0 aliphatic heterocycles. The summed E-state index contributed by atoms with van der Waals surface area (Å²) in [5.41, 5.74) is 1.99. The van der Waals surface area contributed by atoms with E-state index in [1.54, 1.807) is 23.0 Å². The third-order valence-electron chi connectivity index (χ3n) is 3.09. The van der Waals surface area contributed by atoms with Crippen LogP contribution in [0.25, 0.3) is 15.4 Å². The molecule has 0 atom stereocenters. The van der Waals surface area contributed by atoms with Gasteiger partial charge in [-0.3, -0.25) is 9.36 Å². The van der Waals surface area contributed by atoms with E-state index in [4.69, 9.17) is 5.11 Å². The van der Waals surface area contributed by atoms with Gasteiger partial charge < -0.3 is 5.11 Å². The van der Waals surface area contributed by atoms with Gasteiger partial charge in [0.05, 0.1) is 5.75 Å². The van der Waals surface area contributed by atoms with Crippen molar-refractivity contribution in [3.8, 4) is 15.4 Å². The number of aliphatic carboxylic acids is 1. The van der Waals surface area contributed by atoms with Gasteiger partial charge in [-0.05, 0) is 36.2 Å². The molecule has 1 N–H and O–H groups in total. The Balaban J connectivity index is 1.93. The van der Waals surface area contributed by atoms with Crippen LogP contribution in [0.2, 0.25) is 0 Å². The first-order chi connectivity index (χ1) is 11.0. The molecule has 0 amide bonds. The molecule has 3 rings (SSSR count). The lowest BCUT2D eigenvalue weighted by Gasteiger charge is -2.01. The lowest BCUT2D eigenvalue weighted by molar-refractivity contribution is -0.133. The highest BCUT2D eigenvalue weighted by atomic mass is 32.2. The highest BCUT2D eigenvalue weighted by molar-refractivity contribution is 7.99. The van der Waals surface area contributed by atoms with Gasteiger partial charge in [-0.1, -0.05) is 23.9 Å². The fraction of sp³-hybridized carbons (Fsp3) is 0.133. The quantitative estimate of drug-likeness (QED) is 0.713. The van der Waals surface area contributed by atoms with Crippen LogP contribution >= 0.6 is 23.1 Å². The van der Waals surface area contributed by atoms with E-state index in [9.17, 15) is 9.18 Å². The molecule has 0 aliphatic rings. The molecule has 0 radical (unpaired) electrons. The number of thioether (sulfide) groups is 1. The van der Waals surface area contributed by atoms with Gasteiger partial charge in [0.25, 0.3) is 0 Å². The molecule has 118 valence electrons. The minimum atomic E-state index is -0.904. The second-order valence-corrected chi connectivity index (χ2v) is 6.74. The fourth-order valence-electron chi connectivity index (χ4n) is 2.07. The zero-order valence-electron chi connectivity index (χ0n) is 12.1. The van der Waals surface area contributed by atoms with Gasteiger partial charge in [0.2, 0.25) is 0 Å². The standard InChI is InChI=1S/C15H12FN3O2S2/c1-9-6-12(19-8-17-18-15(19)22-7-13(20)21)23-14(9)10-2-4-11(16)5-3-10/h2-6,8H,7H2,1H3,(H,20,21). The third kappa shape index (κ3) is 3.43. The van der Waals surface area contributed by atoms with Crippen molar-refractivity contribution in [1.29, 1.82) is 0 Å². The molecular weight excluding hydrogens is 337 g/mol. The highest BCUT2D eigenvalue weighted by Crippen LogP contribution is 2.35. The highest BCUT2D eigenvalue weighted by Gasteiger charge is 2.14. The van der Waals surface area contributed by atoms with Crippen molar-refractivity contribution in [2.75, 3.05) is 5.75 Å². The monoisotopic (exact) mass is 349 g/mol. The van der Waals surface area contributed by atoms with Gasteiger partial charge in [-0.25, -0.2) is 4.39 Å². The van der Waals surface area contributed by atoms with E-state index in [1.807, 2.05) is 13.0 Å². The minimum Gasteiger partial charge on any atom is -0.481 e. The maximum atomic E-state index is 13.1. The number of benzene rings is 1. The smallest absolute Gasteiger partial charge is 0.313 e. The molecule has 23 heavy (non-hydrogen) atoms. The van der Waals surface area contributed by atoms with Crippen molar-refractivity contribution < 1.29 is 14.3 Å². The number of halogens is 1. The van der Waals surface area contributed by atoms with E-state index in [0.717, 1.165) is 32.8 Å². The van der Waals surface area contributed by atoms with Gasteiger partial charge in [-0.2, -0.15) is 0 Å². The van der Waals surface area contributed by atoms with E-state index < -0.39 is 5.97 Å². The summed E-state index contributed by atoms with van der Waals surface area (Å²) in [5, 5.41) is 18.0. The summed E-state index contributed by atoms with van der Waals surface area (Å²) >= 11 is 2.64. The molecule has 1 aromatic carbocycles. The molecular formula is C15H12FN3O2S2. The molecule has 0 saturated carbocycles. The van der Waals surface area contributed by atoms with Crippen LogP contribution in [0.1, 0.15) is 5.56 Å². The van der Waals surface area contributed by atoms with Gasteiger partial charge in [0.15, 0.2) is 5.16 Å². The van der Waals surface area contributed by atoms with Crippen LogP contribution in [0, 0.1) is 12.7 Å². The first kappa shape index (κ1) is 15.7. The molecule has 2 heterocycles. The Morgan fingerprint density at radius 1 is 1.39 bits per heavy atom. The van der Waals surface area contributed by atoms with Crippen LogP contribution in [-0.2, 0) is 4.79 Å². The lowest BCUT2D eigenvalue weighted by atomic mass is 10.1. The zero-order chi connectivity index (χ0) is 16.4. The van der Waals surface area contributed by atoms with E-state index in [2.05, 4.69) is 10.2 Å². The number of nitrogens with zero attached hydrogens (tertiary/aromatic N) is 3. The van der Waals surface area contributed by atoms with Gasteiger partial charge >= 0.3 is 5.97 Å². The summed E-state index contributed by atoms with van der Waals surface area (Å²) in [6.07, 6.45) is 1.56. The first-order valence-electron chi connectivity index (χ1n) is 6.66. The number of carbonyl (C=O) groups is 1. The molecule has 5 nitrogen and oxygen atoms in total. The number of carboxylic acids is 1. The normalized spacial score (nSPS) is 10.9. The average Bonchev–Trinajstić information content (AvgIpc) is 3.12. The second-order valence-electron chi connectivity index (χ2n) is 4.77. The fourth-order valence-corrected chi connectivity index (χ4v) is 3.92. The average molecular weight is 349 g/mol. The van der Waals surface area contributed by atoms with Crippen molar-refractivity contribution in [2.24, 2.45) is 0 Å². The Morgan fingerprint density at radius 3 is 2.83 bits per heavy atom. The van der Waals surface area contributed by atoms with Gasteiger partial charge in [0, 0.05) is 4.88 Å². The Bertz CT molecular complexity index is 843. The van der Waals surface area contributed by atoms with Gasteiger partial charge in [-0.15, -0.1) is 21.5 Å². The first-order valence-corrected chi connectivity index (χ1v) is 8.46. The Hall–Kier alpha value is -2.19. The summed E-state index contributed by atoms with van der Waals surface area (Å²) in [6, 6.07) is 8.33. The molecule has 0 saturated heterocycles. The Labute approximate surface area is 139 Å². The number of thiophene rings is 1. The summed E-state index contributed by atoms with van der Waals surface area (Å²) in [7, 11) is 0.